The number of likely N-dealkylation sites (tertiary alicyclic amines) is 1. The van der Waals surface area contributed by atoms with E-state index in [0.29, 0.717) is 0 Å². The van der Waals surface area contributed by atoms with Crippen LogP contribution in [-0.4, -0.2) is 36.0 Å². The van der Waals surface area contributed by atoms with Crippen molar-refractivity contribution in [1.82, 2.24) is 4.90 Å². The molecule has 0 unspecified atom stereocenters. The Morgan fingerprint density at radius 2 is 1.86 bits per heavy atom. The van der Waals surface area contributed by atoms with E-state index in [1.54, 1.807) is 0 Å². The Hall–Kier alpha value is -1.55. The predicted molar refractivity (Wildman–Crippen MR) is 89.0 cm³/mol. The fourth-order valence-electron chi connectivity index (χ4n) is 2.67. The number of nitrogens with two attached hydrogens (primary N) is 1. The summed E-state index contributed by atoms with van der Waals surface area (Å²) in [6.45, 7) is 9.62. The van der Waals surface area contributed by atoms with E-state index < -0.39 is 6.04 Å². The average molecular weight is 304 g/mol. The lowest BCUT2D eigenvalue weighted by Crippen LogP contribution is -2.50. The summed E-state index contributed by atoms with van der Waals surface area (Å²) in [6, 6.07) is 5.80. The molecule has 1 heterocycles. The lowest BCUT2D eigenvalue weighted by molar-refractivity contribution is -0.135. The van der Waals surface area contributed by atoms with Crippen LogP contribution in [0.2, 0.25) is 0 Å². The number of hydrogen-bond donors (Lipinski definition) is 1. The maximum atomic E-state index is 12.2. The van der Waals surface area contributed by atoms with Gasteiger partial charge in [-0.1, -0.05) is 19.9 Å². The van der Waals surface area contributed by atoms with Gasteiger partial charge in [0.2, 0.25) is 5.91 Å². The highest BCUT2D eigenvalue weighted by molar-refractivity contribution is 5.82. The second kappa shape index (κ2) is 7.14. The van der Waals surface area contributed by atoms with Gasteiger partial charge < -0.3 is 15.4 Å². The number of hydrogen-bond acceptors (Lipinski definition) is 3. The maximum absolute atomic E-state index is 12.2. The molecule has 1 aliphatic rings. The van der Waals surface area contributed by atoms with E-state index in [4.69, 9.17) is 10.5 Å². The van der Waals surface area contributed by atoms with Crippen LogP contribution in [-0.2, 0) is 4.79 Å². The largest absolute Gasteiger partial charge is 0.490 e. The smallest absolute Gasteiger partial charge is 0.239 e. The van der Waals surface area contributed by atoms with Gasteiger partial charge >= 0.3 is 0 Å². The molecule has 1 aromatic rings. The molecule has 1 aliphatic heterocycles. The first-order valence-electron chi connectivity index (χ1n) is 8.16. The molecule has 0 aliphatic carbocycles. The van der Waals surface area contributed by atoms with Gasteiger partial charge in [0, 0.05) is 25.9 Å². The monoisotopic (exact) mass is 304 g/mol. The summed E-state index contributed by atoms with van der Waals surface area (Å²) in [4.78, 5) is 14.1. The number of carbonyl (C=O) groups excluding carboxylic acids is 1. The molecule has 0 radical (unpaired) electrons. The molecule has 122 valence electrons. The Morgan fingerprint density at radius 1 is 1.23 bits per heavy atom. The standard InChI is InChI=1S/C18H28N2O2/c1-12(2)17(19)18(21)20-9-7-15(8-10-20)22-16-6-5-13(3)14(4)11-16/h5-6,11-12,15,17H,7-10,19H2,1-4H3/t17-/m0/s1. The summed E-state index contributed by atoms with van der Waals surface area (Å²) < 4.78 is 6.06. The van der Waals surface area contributed by atoms with Crippen LogP contribution < -0.4 is 10.5 Å². The third kappa shape index (κ3) is 4.01. The number of amides is 1. The van der Waals surface area contributed by atoms with Crippen molar-refractivity contribution in [3.63, 3.8) is 0 Å². The van der Waals surface area contributed by atoms with Crippen molar-refractivity contribution >= 4 is 5.91 Å². The molecule has 0 spiro atoms. The summed E-state index contributed by atoms with van der Waals surface area (Å²) in [5.74, 6) is 1.17. The number of carbonyl (C=O) groups is 1. The average Bonchev–Trinajstić information content (AvgIpc) is 2.50. The summed E-state index contributed by atoms with van der Waals surface area (Å²) >= 11 is 0. The first-order valence-corrected chi connectivity index (χ1v) is 8.16. The summed E-state index contributed by atoms with van der Waals surface area (Å²) in [5.41, 5.74) is 8.47. The van der Waals surface area contributed by atoms with Crippen molar-refractivity contribution in [2.75, 3.05) is 13.1 Å². The Balaban J connectivity index is 1.87. The number of ether oxygens (including phenoxy) is 1. The molecular formula is C18H28N2O2. The number of piperidine rings is 1. The molecule has 1 atom stereocenters. The van der Waals surface area contributed by atoms with Crippen LogP contribution in [0.1, 0.15) is 37.8 Å². The van der Waals surface area contributed by atoms with Crippen molar-refractivity contribution in [3.8, 4) is 5.75 Å². The van der Waals surface area contributed by atoms with E-state index in [1.165, 1.54) is 11.1 Å². The first-order chi connectivity index (χ1) is 10.4. The van der Waals surface area contributed by atoms with Gasteiger partial charge in [-0.15, -0.1) is 0 Å². The van der Waals surface area contributed by atoms with Crippen LogP contribution in [0.15, 0.2) is 18.2 Å². The highest BCUT2D eigenvalue weighted by Gasteiger charge is 2.28. The van der Waals surface area contributed by atoms with E-state index in [-0.39, 0.29) is 17.9 Å². The zero-order chi connectivity index (χ0) is 16.3. The van der Waals surface area contributed by atoms with Crippen molar-refractivity contribution in [1.29, 1.82) is 0 Å². The Labute approximate surface area is 133 Å². The SMILES string of the molecule is Cc1ccc(OC2CCN(C(=O)[C@@H](N)C(C)C)CC2)cc1C. The third-order valence-corrected chi connectivity index (χ3v) is 4.54. The molecule has 1 fully saturated rings. The van der Waals surface area contributed by atoms with Crippen LogP contribution in [0.3, 0.4) is 0 Å². The fourth-order valence-corrected chi connectivity index (χ4v) is 2.67. The number of aryl methyl sites for hydroxylation is 2. The van der Waals surface area contributed by atoms with Gasteiger partial charge in [-0.05, 0) is 43.0 Å². The molecule has 0 bridgehead atoms. The van der Waals surface area contributed by atoms with Crippen LogP contribution >= 0.6 is 0 Å². The molecule has 4 heteroatoms. The molecule has 4 nitrogen and oxygen atoms in total. The second-order valence-electron chi connectivity index (χ2n) is 6.66. The van der Waals surface area contributed by atoms with Crippen LogP contribution in [0, 0.1) is 19.8 Å². The Kier molecular flexibility index (Phi) is 5.46. The molecule has 1 saturated heterocycles. The van der Waals surface area contributed by atoms with Gasteiger partial charge in [0.25, 0.3) is 0 Å². The summed E-state index contributed by atoms with van der Waals surface area (Å²) in [6.07, 6.45) is 1.91. The topological polar surface area (TPSA) is 55.6 Å². The van der Waals surface area contributed by atoms with Gasteiger partial charge in [-0.2, -0.15) is 0 Å². The van der Waals surface area contributed by atoms with E-state index >= 15 is 0 Å². The van der Waals surface area contributed by atoms with Gasteiger partial charge in [-0.3, -0.25) is 4.79 Å². The molecule has 1 amide bonds. The summed E-state index contributed by atoms with van der Waals surface area (Å²) in [5, 5.41) is 0. The first kappa shape index (κ1) is 16.8. The normalized spacial score (nSPS) is 17.6. The van der Waals surface area contributed by atoms with Gasteiger partial charge in [0.15, 0.2) is 0 Å². The number of rotatable bonds is 4. The maximum Gasteiger partial charge on any atom is 0.239 e. The van der Waals surface area contributed by atoms with Gasteiger partial charge in [-0.25, -0.2) is 0 Å². The number of nitrogens with zero attached hydrogens (tertiary/aromatic N) is 1. The van der Waals surface area contributed by atoms with E-state index in [1.807, 2.05) is 24.8 Å². The Morgan fingerprint density at radius 3 is 2.41 bits per heavy atom. The van der Waals surface area contributed by atoms with Gasteiger partial charge in [0.05, 0.1) is 6.04 Å². The predicted octanol–water partition coefficient (Wildman–Crippen LogP) is 2.66. The highest BCUT2D eigenvalue weighted by Crippen LogP contribution is 2.22. The van der Waals surface area contributed by atoms with Crippen molar-refractivity contribution in [2.24, 2.45) is 11.7 Å². The molecule has 0 saturated carbocycles. The Bertz CT molecular complexity index is 520. The number of benzene rings is 1. The quantitative estimate of drug-likeness (QED) is 0.930. The lowest BCUT2D eigenvalue weighted by Gasteiger charge is -2.34. The van der Waals surface area contributed by atoms with Crippen LogP contribution in [0.4, 0.5) is 0 Å². The molecule has 0 aromatic heterocycles. The van der Waals surface area contributed by atoms with Crippen LogP contribution in [0.25, 0.3) is 0 Å². The molecular weight excluding hydrogens is 276 g/mol. The minimum Gasteiger partial charge on any atom is -0.490 e. The fraction of sp³-hybridized carbons (Fsp3) is 0.611. The zero-order valence-electron chi connectivity index (χ0n) is 14.1. The second-order valence-corrected chi connectivity index (χ2v) is 6.66. The lowest BCUT2D eigenvalue weighted by atomic mass is 10.0. The van der Waals surface area contributed by atoms with E-state index in [2.05, 4.69) is 26.0 Å². The summed E-state index contributed by atoms with van der Waals surface area (Å²) in [7, 11) is 0. The van der Waals surface area contributed by atoms with Crippen LogP contribution in [0.5, 0.6) is 5.75 Å². The molecule has 22 heavy (non-hydrogen) atoms. The molecule has 2 N–H and O–H groups in total. The third-order valence-electron chi connectivity index (χ3n) is 4.54. The van der Waals surface area contributed by atoms with Crippen molar-refractivity contribution in [2.45, 2.75) is 52.7 Å². The highest BCUT2D eigenvalue weighted by atomic mass is 16.5. The van der Waals surface area contributed by atoms with E-state index in [9.17, 15) is 4.79 Å². The molecule has 2 rings (SSSR count). The van der Waals surface area contributed by atoms with Gasteiger partial charge in [0.1, 0.15) is 11.9 Å². The van der Waals surface area contributed by atoms with Crippen molar-refractivity contribution < 1.29 is 9.53 Å². The minimum absolute atomic E-state index is 0.0691. The zero-order valence-corrected chi connectivity index (χ0v) is 14.1. The minimum atomic E-state index is -0.391. The van der Waals surface area contributed by atoms with Crippen molar-refractivity contribution in [3.05, 3.63) is 29.3 Å². The molecule has 1 aromatic carbocycles. The van der Waals surface area contributed by atoms with E-state index in [0.717, 1.165) is 31.7 Å².